The summed E-state index contributed by atoms with van der Waals surface area (Å²) in [6, 6.07) is 10.4. The molecule has 2 heterocycles. The highest BCUT2D eigenvalue weighted by molar-refractivity contribution is 6.04. The molecule has 0 saturated carbocycles. The Morgan fingerprint density at radius 1 is 1.29 bits per heavy atom. The maximum absolute atomic E-state index is 12.3. The van der Waals surface area contributed by atoms with E-state index in [1.54, 1.807) is 13.0 Å². The lowest BCUT2D eigenvalue weighted by Gasteiger charge is -2.10. The van der Waals surface area contributed by atoms with E-state index in [1.165, 1.54) is 0 Å². The second-order valence-corrected chi connectivity index (χ2v) is 5.05. The number of benzene rings is 1. The summed E-state index contributed by atoms with van der Waals surface area (Å²) in [6.45, 7) is 1.90. The van der Waals surface area contributed by atoms with E-state index in [1.807, 2.05) is 30.3 Å². The molecular formula is C15H15N3O3. The zero-order valence-electron chi connectivity index (χ0n) is 11.6. The molecule has 108 valence electrons. The fourth-order valence-electron chi connectivity index (χ4n) is 2.36. The average molecular weight is 285 g/mol. The minimum Gasteiger partial charge on any atom is -0.359 e. The Labute approximate surface area is 121 Å². The predicted octanol–water partition coefficient (Wildman–Crippen LogP) is 1.65. The molecule has 1 atom stereocenters. The SMILES string of the molecule is Cc1cc(CN2C(=O)NC(Cc3ccccc3)C2=O)on1. The minimum absolute atomic E-state index is 0.108. The number of nitrogens with one attached hydrogen (secondary N) is 1. The summed E-state index contributed by atoms with van der Waals surface area (Å²) in [4.78, 5) is 25.4. The third kappa shape index (κ3) is 2.79. The quantitative estimate of drug-likeness (QED) is 0.867. The van der Waals surface area contributed by atoms with Gasteiger partial charge in [-0.2, -0.15) is 0 Å². The van der Waals surface area contributed by atoms with Crippen LogP contribution in [-0.2, 0) is 17.8 Å². The number of imide groups is 1. The Balaban J connectivity index is 1.70. The van der Waals surface area contributed by atoms with Crippen LogP contribution in [-0.4, -0.2) is 28.0 Å². The number of nitrogens with zero attached hydrogens (tertiary/aromatic N) is 2. The van der Waals surface area contributed by atoms with Crippen molar-refractivity contribution in [2.75, 3.05) is 0 Å². The molecule has 1 saturated heterocycles. The molecule has 3 rings (SSSR count). The van der Waals surface area contributed by atoms with Gasteiger partial charge >= 0.3 is 6.03 Å². The highest BCUT2D eigenvalue weighted by Gasteiger charge is 2.38. The number of carbonyl (C=O) groups excluding carboxylic acids is 2. The van der Waals surface area contributed by atoms with Crippen molar-refractivity contribution in [2.24, 2.45) is 0 Å². The van der Waals surface area contributed by atoms with Gasteiger partial charge in [-0.15, -0.1) is 0 Å². The van der Waals surface area contributed by atoms with Gasteiger partial charge in [0.05, 0.1) is 12.2 Å². The number of amides is 3. The van der Waals surface area contributed by atoms with Crippen LogP contribution in [0.2, 0.25) is 0 Å². The normalized spacial score (nSPS) is 18.1. The molecule has 3 amide bonds. The molecule has 1 aliphatic heterocycles. The zero-order valence-corrected chi connectivity index (χ0v) is 11.6. The Kier molecular flexibility index (Phi) is 3.43. The summed E-state index contributed by atoms with van der Waals surface area (Å²) in [5, 5.41) is 6.46. The predicted molar refractivity (Wildman–Crippen MR) is 74.3 cm³/mol. The topological polar surface area (TPSA) is 75.4 Å². The lowest BCUT2D eigenvalue weighted by molar-refractivity contribution is -0.128. The summed E-state index contributed by atoms with van der Waals surface area (Å²) >= 11 is 0. The van der Waals surface area contributed by atoms with Gasteiger partial charge in [-0.3, -0.25) is 9.69 Å². The Bertz CT molecular complexity index is 666. The molecule has 0 aliphatic carbocycles. The molecule has 1 unspecified atom stereocenters. The number of hydrogen-bond donors (Lipinski definition) is 1. The third-order valence-electron chi connectivity index (χ3n) is 3.38. The summed E-state index contributed by atoms with van der Waals surface area (Å²) in [5.74, 6) is 0.259. The van der Waals surface area contributed by atoms with E-state index in [9.17, 15) is 9.59 Å². The van der Waals surface area contributed by atoms with Crippen LogP contribution in [0.15, 0.2) is 40.9 Å². The highest BCUT2D eigenvalue weighted by atomic mass is 16.5. The van der Waals surface area contributed by atoms with Crippen LogP contribution < -0.4 is 5.32 Å². The van der Waals surface area contributed by atoms with Gasteiger partial charge in [-0.05, 0) is 12.5 Å². The highest BCUT2D eigenvalue weighted by Crippen LogP contribution is 2.15. The molecule has 6 heteroatoms. The Morgan fingerprint density at radius 3 is 2.71 bits per heavy atom. The van der Waals surface area contributed by atoms with E-state index < -0.39 is 12.1 Å². The molecule has 21 heavy (non-hydrogen) atoms. The standard InChI is InChI=1S/C15H15N3O3/c1-10-7-12(21-17-10)9-18-14(19)13(16-15(18)20)8-11-5-3-2-4-6-11/h2-7,13H,8-9H2,1H3,(H,16,20). The van der Waals surface area contributed by atoms with Crippen molar-refractivity contribution >= 4 is 11.9 Å². The van der Waals surface area contributed by atoms with E-state index in [0.29, 0.717) is 12.2 Å². The van der Waals surface area contributed by atoms with Gasteiger partial charge in [0, 0.05) is 12.5 Å². The summed E-state index contributed by atoms with van der Waals surface area (Å²) in [6.07, 6.45) is 0.483. The van der Waals surface area contributed by atoms with Crippen molar-refractivity contribution in [2.45, 2.75) is 25.9 Å². The van der Waals surface area contributed by atoms with E-state index in [-0.39, 0.29) is 12.5 Å². The van der Waals surface area contributed by atoms with Crippen molar-refractivity contribution in [3.8, 4) is 0 Å². The van der Waals surface area contributed by atoms with Crippen molar-refractivity contribution in [3.63, 3.8) is 0 Å². The van der Waals surface area contributed by atoms with Crippen molar-refractivity contribution in [1.29, 1.82) is 0 Å². The molecule has 0 spiro atoms. The smallest absolute Gasteiger partial charge is 0.325 e. The van der Waals surface area contributed by atoms with Crippen LogP contribution >= 0.6 is 0 Å². The maximum Gasteiger partial charge on any atom is 0.325 e. The zero-order chi connectivity index (χ0) is 14.8. The van der Waals surface area contributed by atoms with Gasteiger partial charge in [-0.25, -0.2) is 4.79 Å². The van der Waals surface area contributed by atoms with Crippen LogP contribution in [0.4, 0.5) is 4.79 Å². The van der Waals surface area contributed by atoms with Crippen LogP contribution in [0.3, 0.4) is 0 Å². The number of aromatic nitrogens is 1. The molecule has 1 N–H and O–H groups in total. The fourth-order valence-corrected chi connectivity index (χ4v) is 2.36. The van der Waals surface area contributed by atoms with Crippen LogP contribution in [0.1, 0.15) is 17.0 Å². The molecule has 6 nitrogen and oxygen atoms in total. The van der Waals surface area contributed by atoms with Crippen LogP contribution in [0.25, 0.3) is 0 Å². The number of hydrogen-bond acceptors (Lipinski definition) is 4. The lowest BCUT2D eigenvalue weighted by atomic mass is 10.1. The van der Waals surface area contributed by atoms with Gasteiger partial charge in [0.2, 0.25) is 0 Å². The first-order valence-corrected chi connectivity index (χ1v) is 6.71. The van der Waals surface area contributed by atoms with E-state index in [0.717, 1.165) is 16.2 Å². The second-order valence-electron chi connectivity index (χ2n) is 5.05. The number of aryl methyl sites for hydroxylation is 1. The van der Waals surface area contributed by atoms with E-state index >= 15 is 0 Å². The average Bonchev–Trinajstić information content (AvgIpc) is 2.99. The van der Waals surface area contributed by atoms with E-state index in [4.69, 9.17) is 4.52 Å². The Hall–Kier alpha value is -2.63. The maximum atomic E-state index is 12.3. The molecule has 1 aromatic heterocycles. The lowest BCUT2D eigenvalue weighted by Crippen LogP contribution is -2.32. The molecule has 0 bridgehead atoms. The number of carbonyl (C=O) groups is 2. The van der Waals surface area contributed by atoms with E-state index in [2.05, 4.69) is 10.5 Å². The molecule has 0 radical (unpaired) electrons. The summed E-state index contributed by atoms with van der Waals surface area (Å²) < 4.78 is 5.05. The molecule has 2 aromatic rings. The van der Waals surface area contributed by atoms with Gasteiger partial charge in [0.15, 0.2) is 5.76 Å². The van der Waals surface area contributed by atoms with Crippen molar-refractivity contribution < 1.29 is 14.1 Å². The van der Waals surface area contributed by atoms with Crippen molar-refractivity contribution in [3.05, 3.63) is 53.4 Å². The largest absolute Gasteiger partial charge is 0.359 e. The molecule has 1 aromatic carbocycles. The first kappa shape index (κ1) is 13.4. The third-order valence-corrected chi connectivity index (χ3v) is 3.38. The van der Waals surface area contributed by atoms with Gasteiger partial charge in [0.1, 0.15) is 6.04 Å². The Morgan fingerprint density at radius 2 is 2.05 bits per heavy atom. The second kappa shape index (κ2) is 5.40. The monoisotopic (exact) mass is 285 g/mol. The summed E-state index contributed by atoms with van der Waals surface area (Å²) in [7, 11) is 0. The number of rotatable bonds is 4. The molecule has 1 fully saturated rings. The van der Waals surface area contributed by atoms with Crippen LogP contribution in [0.5, 0.6) is 0 Å². The fraction of sp³-hybridized carbons (Fsp3) is 0.267. The first-order valence-electron chi connectivity index (χ1n) is 6.71. The van der Waals surface area contributed by atoms with Gasteiger partial charge in [-0.1, -0.05) is 35.5 Å². The van der Waals surface area contributed by atoms with Gasteiger partial charge < -0.3 is 9.84 Å². The number of urea groups is 1. The molecular weight excluding hydrogens is 270 g/mol. The molecule has 1 aliphatic rings. The summed E-state index contributed by atoms with van der Waals surface area (Å²) in [5.41, 5.74) is 1.73. The van der Waals surface area contributed by atoms with Gasteiger partial charge in [0.25, 0.3) is 5.91 Å². The van der Waals surface area contributed by atoms with Crippen molar-refractivity contribution in [1.82, 2.24) is 15.4 Å². The van der Waals surface area contributed by atoms with Crippen LogP contribution in [0, 0.1) is 6.92 Å². The first-order chi connectivity index (χ1) is 10.1. The minimum atomic E-state index is -0.524.